The van der Waals surface area contributed by atoms with Crippen LogP contribution in [0.15, 0.2) is 119 Å². The number of nitrogens with zero attached hydrogens (tertiary/aromatic N) is 2. The minimum atomic E-state index is -1.20. The third-order valence-electron chi connectivity index (χ3n) is 16.8. The molecule has 6 N–H and O–H groups in total. The van der Waals surface area contributed by atoms with E-state index >= 15 is 0 Å². The lowest BCUT2D eigenvalue weighted by Crippen LogP contribution is -2.56. The van der Waals surface area contributed by atoms with E-state index in [-0.39, 0.29) is 67.6 Å². The molecular weight excluding hydrogens is 913 g/mol. The summed E-state index contributed by atoms with van der Waals surface area (Å²) in [5, 5.41) is 67.1. The van der Waals surface area contributed by atoms with Crippen LogP contribution in [-0.2, 0) is 38.1 Å². The summed E-state index contributed by atoms with van der Waals surface area (Å²) in [4.78, 5) is 57.4. The van der Waals surface area contributed by atoms with Gasteiger partial charge in [-0.25, -0.2) is 9.59 Å². The Morgan fingerprint density at radius 3 is 1.21 bits per heavy atom. The van der Waals surface area contributed by atoms with Crippen LogP contribution in [-0.4, -0.2) is 154 Å². The summed E-state index contributed by atoms with van der Waals surface area (Å²) in [6.07, 6.45) is 7.25. The average Bonchev–Trinajstić information content (AvgIpc) is 3.76. The fraction of sp³-hybridized carbons (Fsp3) is 0.564. The molecule has 0 amide bonds. The molecule has 2 saturated carbocycles. The zero-order chi connectivity index (χ0) is 51.4. The Morgan fingerprint density at radius 1 is 0.592 bits per heavy atom. The third kappa shape index (κ3) is 8.51. The molecule has 8 aliphatic rings. The molecule has 0 aromatic rings. The van der Waals surface area contributed by atoms with Gasteiger partial charge in [0.1, 0.15) is 12.2 Å². The van der Waals surface area contributed by atoms with Crippen LogP contribution in [0.5, 0.6) is 0 Å². The number of hydrogen-bond acceptors (Lipinski definition) is 16. The predicted octanol–water partition coefficient (Wildman–Crippen LogP) is 5.35. The van der Waals surface area contributed by atoms with Crippen LogP contribution in [0.4, 0.5) is 0 Å². The minimum Gasteiger partial charge on any atom is -0.504 e. The average molecular weight is 987 g/mol. The number of allylic oxidation sites excluding steroid dienone is 2. The second-order valence-corrected chi connectivity index (χ2v) is 20.8. The van der Waals surface area contributed by atoms with Crippen LogP contribution in [0.3, 0.4) is 0 Å². The number of hydrogen-bond donors (Lipinski definition) is 6. The van der Waals surface area contributed by atoms with Crippen molar-refractivity contribution < 1.29 is 68.8 Å². The van der Waals surface area contributed by atoms with Crippen molar-refractivity contribution in [2.45, 2.75) is 110 Å². The number of cyclic esters (lactones) is 2. The molecule has 8 rings (SSSR count). The monoisotopic (exact) mass is 987 g/mol. The SMILES string of the molecule is C.C=CCN(/C=C1/C(=O)O[C@H](COC)[C@@]2(C)C1=C(O)C(=O)C1=C2[C@H](O)C[C@]2(C)C(O)CC[C@@H]12)CC=C.C=CCN(/C=C1\C(=O)O[C@H](COC)[C@@]2(C)C1=C(O)C(=O)C1=C2[C@H](O)C[C@]2(C)C(O)CC[C@@H]12)CC=C. The Labute approximate surface area is 417 Å². The summed E-state index contributed by atoms with van der Waals surface area (Å²) < 4.78 is 22.4. The molecular formula is C55H74N2O14. The van der Waals surface area contributed by atoms with Gasteiger partial charge >= 0.3 is 11.9 Å². The number of aliphatic hydroxyl groups is 6. The minimum absolute atomic E-state index is 0. The summed E-state index contributed by atoms with van der Waals surface area (Å²) in [6, 6.07) is 0. The Kier molecular flexibility index (Phi) is 16.0. The van der Waals surface area contributed by atoms with Crippen molar-refractivity contribution in [2.75, 3.05) is 53.6 Å². The van der Waals surface area contributed by atoms with Gasteiger partial charge in [-0.15, -0.1) is 26.3 Å². The van der Waals surface area contributed by atoms with Crippen molar-refractivity contribution >= 4 is 23.5 Å². The van der Waals surface area contributed by atoms with Crippen LogP contribution < -0.4 is 0 Å². The first-order chi connectivity index (χ1) is 33.1. The van der Waals surface area contributed by atoms with Crippen molar-refractivity contribution in [1.29, 1.82) is 0 Å². The molecule has 12 atom stereocenters. The second kappa shape index (κ2) is 20.6. The highest BCUT2D eigenvalue weighted by Gasteiger charge is 2.65. The number of aliphatic hydroxyl groups excluding tert-OH is 6. The van der Waals surface area contributed by atoms with Gasteiger partial charge in [0.05, 0.1) is 59.6 Å². The van der Waals surface area contributed by atoms with Gasteiger partial charge in [0.2, 0.25) is 11.6 Å². The fourth-order valence-corrected chi connectivity index (χ4v) is 13.4. The second-order valence-electron chi connectivity index (χ2n) is 20.8. The molecule has 0 bridgehead atoms. The lowest BCUT2D eigenvalue weighted by atomic mass is 9.53. The topological polar surface area (TPSA) is 233 Å². The van der Waals surface area contributed by atoms with Crippen LogP contribution in [0.1, 0.15) is 73.6 Å². The zero-order valence-electron chi connectivity index (χ0n) is 41.2. The number of ether oxygens (including phenoxy) is 4. The highest BCUT2D eigenvalue weighted by atomic mass is 16.6. The van der Waals surface area contributed by atoms with Crippen molar-refractivity contribution in [3.63, 3.8) is 0 Å². The molecule has 388 valence electrons. The molecule has 0 aromatic carbocycles. The molecule has 16 nitrogen and oxygen atoms in total. The molecule has 0 radical (unpaired) electrons. The first-order valence-corrected chi connectivity index (χ1v) is 24.1. The maximum atomic E-state index is 13.7. The predicted molar refractivity (Wildman–Crippen MR) is 265 cm³/mol. The molecule has 4 fully saturated rings. The van der Waals surface area contributed by atoms with Gasteiger partial charge < -0.3 is 59.4 Å². The molecule has 2 saturated heterocycles. The number of carbonyl (C=O) groups is 4. The Bertz CT molecular complexity index is 2260. The highest BCUT2D eigenvalue weighted by Crippen LogP contribution is 2.64. The Morgan fingerprint density at radius 2 is 0.915 bits per heavy atom. The van der Waals surface area contributed by atoms with E-state index in [2.05, 4.69) is 26.3 Å². The molecule has 0 aromatic heterocycles. The lowest BCUT2D eigenvalue weighted by molar-refractivity contribution is -0.158. The summed E-state index contributed by atoms with van der Waals surface area (Å²) in [7, 11) is 2.96. The van der Waals surface area contributed by atoms with Gasteiger partial charge in [-0.2, -0.15) is 0 Å². The lowest BCUT2D eigenvalue weighted by Gasteiger charge is -2.53. The summed E-state index contributed by atoms with van der Waals surface area (Å²) in [5.41, 5.74) is -1.84. The van der Waals surface area contributed by atoms with Gasteiger partial charge in [0, 0.05) is 85.9 Å². The van der Waals surface area contributed by atoms with Gasteiger partial charge in [-0.05, 0) is 75.4 Å². The summed E-state index contributed by atoms with van der Waals surface area (Å²) in [6.45, 7) is 23.9. The van der Waals surface area contributed by atoms with E-state index in [9.17, 15) is 49.8 Å². The van der Waals surface area contributed by atoms with E-state index in [0.29, 0.717) is 74.2 Å². The number of ketones is 2. The van der Waals surface area contributed by atoms with Gasteiger partial charge in [0.25, 0.3) is 0 Å². The number of fused-ring (bicyclic) bond motifs is 8. The van der Waals surface area contributed by atoms with Crippen LogP contribution in [0.25, 0.3) is 0 Å². The molecule has 2 aliphatic heterocycles. The molecule has 2 unspecified atom stereocenters. The van der Waals surface area contributed by atoms with Crippen LogP contribution in [0, 0.1) is 33.5 Å². The molecule has 6 aliphatic carbocycles. The van der Waals surface area contributed by atoms with Crippen LogP contribution >= 0.6 is 0 Å². The van der Waals surface area contributed by atoms with E-state index < -0.39 is 93.3 Å². The zero-order valence-corrected chi connectivity index (χ0v) is 41.2. The first-order valence-electron chi connectivity index (χ1n) is 24.1. The van der Waals surface area contributed by atoms with E-state index in [1.165, 1.54) is 14.2 Å². The first kappa shape index (κ1) is 55.0. The number of carbonyl (C=O) groups excluding carboxylic acids is 4. The van der Waals surface area contributed by atoms with Gasteiger partial charge in [-0.3, -0.25) is 9.59 Å². The van der Waals surface area contributed by atoms with Gasteiger partial charge in [0.15, 0.2) is 11.5 Å². The smallest absolute Gasteiger partial charge is 0.340 e. The summed E-state index contributed by atoms with van der Waals surface area (Å²) in [5.74, 6) is -4.28. The third-order valence-corrected chi connectivity index (χ3v) is 16.8. The van der Waals surface area contributed by atoms with Crippen molar-refractivity contribution in [3.05, 3.63) is 119 Å². The van der Waals surface area contributed by atoms with E-state index in [0.717, 1.165) is 0 Å². The molecule has 0 spiro atoms. The van der Waals surface area contributed by atoms with E-state index in [4.69, 9.17) is 18.9 Å². The van der Waals surface area contributed by atoms with Crippen molar-refractivity contribution in [3.8, 4) is 0 Å². The molecule has 2 heterocycles. The largest absolute Gasteiger partial charge is 0.504 e. The Balaban J connectivity index is 0.000000229. The number of esters is 2. The number of methoxy groups -OCH3 is 2. The van der Waals surface area contributed by atoms with Crippen molar-refractivity contribution in [1.82, 2.24) is 9.80 Å². The van der Waals surface area contributed by atoms with Crippen molar-refractivity contribution in [2.24, 2.45) is 33.5 Å². The van der Waals surface area contributed by atoms with Crippen LogP contribution in [0.2, 0.25) is 0 Å². The molecule has 71 heavy (non-hydrogen) atoms. The maximum absolute atomic E-state index is 13.7. The standard InChI is InChI=1S/2C27H35NO7.CH4/c2*1-6-10-28(11-7-2)13-15-21-24(32)23(31)20-16-8-9-18(30)26(16,3)12-17(29)22(20)27(21,4)19(14-34-5)35-25(15)33;/h2*6-7,13,16-19,29-30,32H,1-2,8-12,14H2,3-5H3;1H4/b15-13+;15-13-;/t2*16-,17+,18?,19+,26-,27-;/m00./s1. The fourth-order valence-electron chi connectivity index (χ4n) is 13.4. The normalized spacial score (nSPS) is 37.0. The van der Waals surface area contributed by atoms with Gasteiger partial charge in [-0.1, -0.05) is 45.6 Å². The highest BCUT2D eigenvalue weighted by molar-refractivity contribution is 6.14. The summed E-state index contributed by atoms with van der Waals surface area (Å²) >= 11 is 0. The maximum Gasteiger partial charge on any atom is 0.340 e. The number of Topliss-reactive ketones (excluding diaryl/α,β-unsaturated/α-hetero) is 2. The van der Waals surface area contributed by atoms with E-state index in [1.807, 2.05) is 13.8 Å². The Hall–Kier alpha value is -5.36. The quantitative estimate of drug-likeness (QED) is 0.0732. The number of rotatable bonds is 14. The molecule has 16 heteroatoms. The van der Waals surface area contributed by atoms with E-state index in [1.54, 1.807) is 60.4 Å².